The first-order valence-corrected chi connectivity index (χ1v) is 4.86. The van der Waals surface area contributed by atoms with Crippen LogP contribution in [-0.2, 0) is 11.3 Å². The van der Waals surface area contributed by atoms with Crippen molar-refractivity contribution in [2.45, 2.75) is 6.61 Å². The summed E-state index contributed by atoms with van der Waals surface area (Å²) in [4.78, 5) is 8.08. The fourth-order valence-corrected chi connectivity index (χ4v) is 1.40. The molecule has 0 saturated heterocycles. The predicted octanol–water partition coefficient (Wildman–Crippen LogP) is 0.869. The van der Waals surface area contributed by atoms with Gasteiger partial charge in [-0.2, -0.15) is 4.98 Å². The lowest BCUT2D eigenvalue weighted by molar-refractivity contribution is 0.151. The van der Waals surface area contributed by atoms with Gasteiger partial charge in [-0.3, -0.25) is 0 Å². The molecule has 2 aromatic rings. The zero-order valence-electron chi connectivity index (χ0n) is 9.51. The molecule has 0 aliphatic rings. The molecule has 0 aromatic carbocycles. The lowest BCUT2D eigenvalue weighted by atomic mass is 10.2. The third-order valence-corrected chi connectivity index (χ3v) is 2.11. The van der Waals surface area contributed by atoms with Crippen molar-refractivity contribution in [3.05, 3.63) is 18.2 Å². The van der Waals surface area contributed by atoms with E-state index >= 15 is 0 Å². The molecule has 0 aliphatic heterocycles. The fraction of sp³-hybridized carbons (Fsp3) is 0.300. The molecule has 2 heterocycles. The first-order valence-electron chi connectivity index (χ1n) is 4.86. The van der Waals surface area contributed by atoms with E-state index in [1.807, 2.05) is 0 Å². The van der Waals surface area contributed by atoms with Gasteiger partial charge in [-0.1, -0.05) is 5.16 Å². The van der Waals surface area contributed by atoms with Crippen molar-refractivity contribution < 1.29 is 14.0 Å². The Morgan fingerprint density at radius 2 is 2.24 bits per heavy atom. The number of nitrogens with two attached hydrogens (primary N) is 1. The highest BCUT2D eigenvalue weighted by Crippen LogP contribution is 2.31. The smallest absolute Gasteiger partial charge is 0.252 e. The fourth-order valence-electron chi connectivity index (χ4n) is 1.40. The summed E-state index contributed by atoms with van der Waals surface area (Å²) in [5.74, 6) is 1.49. The quantitative estimate of drug-likeness (QED) is 0.841. The monoisotopic (exact) mass is 236 g/mol. The number of hydrogen-bond donors (Lipinski definition) is 1. The zero-order valence-corrected chi connectivity index (χ0v) is 9.51. The second-order valence-electron chi connectivity index (χ2n) is 3.22. The maximum atomic E-state index is 5.69. The highest BCUT2D eigenvalue weighted by molar-refractivity contribution is 5.70. The van der Waals surface area contributed by atoms with Crippen molar-refractivity contribution >= 4 is 5.82 Å². The minimum atomic E-state index is 0.260. The molecule has 2 aromatic heterocycles. The molecule has 0 spiro atoms. The van der Waals surface area contributed by atoms with E-state index in [1.54, 1.807) is 19.4 Å². The van der Waals surface area contributed by atoms with Gasteiger partial charge in [0.15, 0.2) is 11.6 Å². The van der Waals surface area contributed by atoms with Gasteiger partial charge in [0, 0.05) is 13.3 Å². The summed E-state index contributed by atoms with van der Waals surface area (Å²) < 4.78 is 15.0. The largest absolute Gasteiger partial charge is 0.492 e. The molecule has 0 amide bonds. The van der Waals surface area contributed by atoms with Crippen molar-refractivity contribution in [2.75, 3.05) is 20.0 Å². The Kier molecular flexibility index (Phi) is 3.20. The van der Waals surface area contributed by atoms with E-state index in [0.29, 0.717) is 23.0 Å². The summed E-state index contributed by atoms with van der Waals surface area (Å²) in [6.07, 6.45) is 1.56. The van der Waals surface area contributed by atoms with Gasteiger partial charge < -0.3 is 19.7 Å². The van der Waals surface area contributed by atoms with Gasteiger partial charge in [0.05, 0.1) is 12.7 Å². The highest BCUT2D eigenvalue weighted by Gasteiger charge is 2.15. The van der Waals surface area contributed by atoms with E-state index in [9.17, 15) is 0 Å². The van der Waals surface area contributed by atoms with Crippen molar-refractivity contribution in [3.8, 4) is 17.1 Å². The SMILES string of the molecule is COCc1nc(-c2ccnc(N)c2OC)no1. The third-order valence-electron chi connectivity index (χ3n) is 2.11. The Labute approximate surface area is 97.6 Å². The number of anilines is 1. The molecule has 0 bridgehead atoms. The van der Waals surface area contributed by atoms with E-state index in [-0.39, 0.29) is 12.4 Å². The van der Waals surface area contributed by atoms with Crippen molar-refractivity contribution in [1.29, 1.82) is 0 Å². The van der Waals surface area contributed by atoms with E-state index in [4.69, 9.17) is 19.7 Å². The number of methoxy groups -OCH3 is 2. The lowest BCUT2D eigenvalue weighted by Crippen LogP contribution is -1.98. The average molecular weight is 236 g/mol. The molecule has 2 N–H and O–H groups in total. The second kappa shape index (κ2) is 4.79. The molecule has 17 heavy (non-hydrogen) atoms. The Bertz CT molecular complexity index is 512. The normalized spacial score (nSPS) is 10.5. The lowest BCUT2D eigenvalue weighted by Gasteiger charge is -2.06. The predicted molar refractivity (Wildman–Crippen MR) is 59.2 cm³/mol. The maximum Gasteiger partial charge on any atom is 0.252 e. The highest BCUT2D eigenvalue weighted by atomic mass is 16.5. The topological polar surface area (TPSA) is 96.3 Å². The van der Waals surface area contributed by atoms with Crippen molar-refractivity contribution in [2.24, 2.45) is 0 Å². The van der Waals surface area contributed by atoms with E-state index in [2.05, 4.69) is 15.1 Å². The molecule has 90 valence electrons. The summed E-state index contributed by atoms with van der Waals surface area (Å²) >= 11 is 0. The minimum absolute atomic E-state index is 0.260. The first-order chi connectivity index (χ1) is 8.26. The van der Waals surface area contributed by atoms with Crippen LogP contribution in [0.2, 0.25) is 0 Å². The summed E-state index contributed by atoms with van der Waals surface area (Å²) in [6, 6.07) is 1.70. The molecule has 0 atom stereocenters. The van der Waals surface area contributed by atoms with E-state index < -0.39 is 0 Å². The molecule has 0 unspecified atom stereocenters. The van der Waals surface area contributed by atoms with Crippen LogP contribution in [0.1, 0.15) is 5.89 Å². The van der Waals surface area contributed by atoms with Crippen LogP contribution in [0, 0.1) is 0 Å². The molecule has 0 saturated carbocycles. The molecular formula is C10H12N4O3. The Balaban J connectivity index is 2.41. The van der Waals surface area contributed by atoms with Gasteiger partial charge in [0.1, 0.15) is 6.61 Å². The van der Waals surface area contributed by atoms with Crippen LogP contribution in [0.25, 0.3) is 11.4 Å². The zero-order chi connectivity index (χ0) is 12.3. The van der Waals surface area contributed by atoms with Crippen LogP contribution in [0.15, 0.2) is 16.8 Å². The van der Waals surface area contributed by atoms with Gasteiger partial charge in [0.2, 0.25) is 5.82 Å². The number of nitrogens with zero attached hydrogens (tertiary/aromatic N) is 3. The van der Waals surface area contributed by atoms with Gasteiger partial charge in [0.25, 0.3) is 5.89 Å². The van der Waals surface area contributed by atoms with Crippen molar-refractivity contribution in [1.82, 2.24) is 15.1 Å². The Morgan fingerprint density at radius 3 is 2.94 bits per heavy atom. The summed E-state index contributed by atoms with van der Waals surface area (Å²) in [6.45, 7) is 0.260. The van der Waals surface area contributed by atoms with Crippen LogP contribution >= 0.6 is 0 Å². The minimum Gasteiger partial charge on any atom is -0.492 e. The first kappa shape index (κ1) is 11.3. The molecule has 7 nitrogen and oxygen atoms in total. The molecule has 0 radical (unpaired) electrons. The van der Waals surface area contributed by atoms with Gasteiger partial charge in [-0.25, -0.2) is 4.98 Å². The summed E-state index contributed by atoms with van der Waals surface area (Å²) in [7, 11) is 3.06. The van der Waals surface area contributed by atoms with Gasteiger partial charge >= 0.3 is 0 Å². The molecule has 7 heteroatoms. The van der Waals surface area contributed by atoms with Crippen LogP contribution in [0.3, 0.4) is 0 Å². The summed E-state index contributed by atoms with van der Waals surface area (Å²) in [5, 5.41) is 3.83. The number of hydrogen-bond acceptors (Lipinski definition) is 7. The van der Waals surface area contributed by atoms with Gasteiger partial charge in [-0.15, -0.1) is 0 Å². The molecule has 0 aliphatic carbocycles. The second-order valence-corrected chi connectivity index (χ2v) is 3.22. The van der Waals surface area contributed by atoms with Crippen LogP contribution in [-0.4, -0.2) is 29.3 Å². The van der Waals surface area contributed by atoms with Crippen molar-refractivity contribution in [3.63, 3.8) is 0 Å². The van der Waals surface area contributed by atoms with Gasteiger partial charge in [-0.05, 0) is 6.07 Å². The van der Waals surface area contributed by atoms with E-state index in [1.165, 1.54) is 7.11 Å². The average Bonchev–Trinajstić information content (AvgIpc) is 2.78. The maximum absolute atomic E-state index is 5.69. The number of aromatic nitrogens is 3. The third kappa shape index (κ3) is 2.18. The Morgan fingerprint density at radius 1 is 1.41 bits per heavy atom. The number of pyridine rings is 1. The van der Waals surface area contributed by atoms with Crippen LogP contribution in [0.5, 0.6) is 5.75 Å². The van der Waals surface area contributed by atoms with Crippen LogP contribution < -0.4 is 10.5 Å². The van der Waals surface area contributed by atoms with E-state index in [0.717, 1.165) is 0 Å². The number of ether oxygens (including phenoxy) is 2. The summed E-state index contributed by atoms with van der Waals surface area (Å²) in [5.41, 5.74) is 6.32. The molecule has 2 rings (SSSR count). The van der Waals surface area contributed by atoms with Crippen LogP contribution in [0.4, 0.5) is 5.82 Å². The number of nitrogen functional groups attached to an aromatic ring is 1. The Hall–Kier alpha value is -2.15. The molecule has 0 fully saturated rings. The molecular weight excluding hydrogens is 224 g/mol. The number of rotatable bonds is 4. The standard InChI is InChI=1S/C10H12N4O3/c1-15-5-7-13-10(14-17-7)6-3-4-12-9(11)8(6)16-2/h3-4H,5H2,1-2H3,(H2,11,12).